The van der Waals surface area contributed by atoms with E-state index in [0.717, 1.165) is 30.8 Å². The molecule has 3 nitrogen and oxygen atoms in total. The van der Waals surface area contributed by atoms with Crippen LogP contribution in [-0.2, 0) is 14.3 Å². The molecule has 35 heavy (non-hydrogen) atoms. The van der Waals surface area contributed by atoms with Crippen LogP contribution < -0.4 is 0 Å². The number of hydrogen-bond acceptors (Lipinski definition) is 3. The van der Waals surface area contributed by atoms with Crippen molar-refractivity contribution in [2.45, 2.75) is 132 Å². The first-order valence-corrected chi connectivity index (χ1v) is 15.0. The summed E-state index contributed by atoms with van der Waals surface area (Å²) in [5.74, 6) is 2.88. The van der Waals surface area contributed by atoms with Gasteiger partial charge in [0.05, 0.1) is 12.7 Å². The standard InChI is InChI=1S/C32H52O3/c1-20(33)35-24-12-13-29(6)22(28(24,4)5)11-14-31(8)23(29)10-9-21-25-26-27(2,3)15-17-32(25,19-34-26)18-16-30(21,31)7/h21-26H,9-19H2,1-8H3/t21-,22-,23-,24-,25+,26-,29+,30-,31-,32-/m1/s1. The number of hydrogen-bond donors (Lipinski definition) is 0. The van der Waals surface area contributed by atoms with Crippen molar-refractivity contribution < 1.29 is 14.3 Å². The molecule has 0 N–H and O–H groups in total. The van der Waals surface area contributed by atoms with Gasteiger partial charge in [-0.2, -0.15) is 0 Å². The third-order valence-corrected chi connectivity index (χ3v) is 14.4. The molecule has 0 amide bonds. The van der Waals surface area contributed by atoms with E-state index in [4.69, 9.17) is 9.47 Å². The molecule has 3 heteroatoms. The average molecular weight is 485 g/mol. The summed E-state index contributed by atoms with van der Waals surface area (Å²) in [6.45, 7) is 20.5. The molecule has 0 spiro atoms. The lowest BCUT2D eigenvalue weighted by molar-refractivity contribution is -0.254. The second kappa shape index (κ2) is 7.29. The first kappa shape index (κ1) is 24.7. The maximum absolute atomic E-state index is 11.9. The number of carbonyl (C=O) groups is 1. The first-order valence-electron chi connectivity index (χ1n) is 15.0. The fourth-order valence-corrected chi connectivity index (χ4v) is 12.4. The summed E-state index contributed by atoms with van der Waals surface area (Å²) in [5.41, 5.74) is 2.00. The Labute approximate surface area is 214 Å². The van der Waals surface area contributed by atoms with Crippen molar-refractivity contribution in [3.63, 3.8) is 0 Å². The molecule has 6 aliphatic rings. The predicted octanol–water partition coefficient (Wildman–Crippen LogP) is 7.81. The zero-order valence-electron chi connectivity index (χ0n) is 24.0. The molecule has 2 bridgehead atoms. The highest BCUT2D eigenvalue weighted by Gasteiger charge is 2.72. The van der Waals surface area contributed by atoms with Crippen LogP contribution in [0.4, 0.5) is 0 Å². The lowest BCUT2D eigenvalue weighted by Gasteiger charge is -2.73. The van der Waals surface area contributed by atoms with E-state index in [9.17, 15) is 4.79 Å². The van der Waals surface area contributed by atoms with Crippen molar-refractivity contribution in [2.75, 3.05) is 6.61 Å². The number of ether oxygens (including phenoxy) is 2. The smallest absolute Gasteiger partial charge is 0.302 e. The summed E-state index contributed by atoms with van der Waals surface area (Å²) < 4.78 is 12.7. The van der Waals surface area contributed by atoms with Gasteiger partial charge in [0.1, 0.15) is 6.10 Å². The third-order valence-electron chi connectivity index (χ3n) is 14.4. The van der Waals surface area contributed by atoms with Crippen LogP contribution in [0.25, 0.3) is 0 Å². The summed E-state index contributed by atoms with van der Waals surface area (Å²) in [7, 11) is 0. The third kappa shape index (κ3) is 2.97. The number of carbonyl (C=O) groups excluding carboxylic acids is 1. The van der Waals surface area contributed by atoms with Crippen molar-refractivity contribution in [3.05, 3.63) is 0 Å². The molecule has 6 fully saturated rings. The highest BCUT2D eigenvalue weighted by atomic mass is 16.5. The molecule has 0 radical (unpaired) electrons. The molecule has 0 aromatic carbocycles. The molecule has 1 saturated heterocycles. The van der Waals surface area contributed by atoms with Crippen LogP contribution in [0.1, 0.15) is 120 Å². The van der Waals surface area contributed by atoms with Gasteiger partial charge in [-0.25, -0.2) is 0 Å². The fraction of sp³-hybridized carbons (Fsp3) is 0.969. The summed E-state index contributed by atoms with van der Waals surface area (Å²) in [6, 6.07) is 0. The molecule has 0 unspecified atom stereocenters. The Balaban J connectivity index is 1.35. The molecular weight excluding hydrogens is 432 g/mol. The van der Waals surface area contributed by atoms with Crippen molar-refractivity contribution in [1.82, 2.24) is 0 Å². The summed E-state index contributed by atoms with van der Waals surface area (Å²) >= 11 is 0. The van der Waals surface area contributed by atoms with Gasteiger partial charge in [-0.1, -0.05) is 48.5 Å². The lowest BCUT2D eigenvalue weighted by atomic mass is 9.31. The zero-order valence-corrected chi connectivity index (χ0v) is 24.0. The minimum atomic E-state index is -0.108. The Morgan fingerprint density at radius 3 is 2.20 bits per heavy atom. The molecule has 1 aliphatic heterocycles. The van der Waals surface area contributed by atoms with E-state index >= 15 is 0 Å². The zero-order chi connectivity index (χ0) is 25.2. The number of esters is 1. The molecule has 6 rings (SSSR count). The largest absolute Gasteiger partial charge is 0.462 e. The van der Waals surface area contributed by atoms with Crippen molar-refractivity contribution in [3.8, 4) is 0 Å². The molecular formula is C32H52O3. The van der Waals surface area contributed by atoms with Gasteiger partial charge in [0, 0.05) is 12.3 Å². The van der Waals surface area contributed by atoms with Gasteiger partial charge >= 0.3 is 5.97 Å². The number of rotatable bonds is 1. The lowest BCUT2D eigenvalue weighted by Crippen LogP contribution is -2.67. The first-order chi connectivity index (χ1) is 16.2. The normalized spacial score (nSPS) is 55.7. The topological polar surface area (TPSA) is 35.5 Å². The van der Waals surface area contributed by atoms with Gasteiger partial charge in [0.15, 0.2) is 0 Å². The van der Waals surface area contributed by atoms with Crippen molar-refractivity contribution in [1.29, 1.82) is 0 Å². The minimum Gasteiger partial charge on any atom is -0.462 e. The van der Waals surface area contributed by atoms with E-state index in [1.54, 1.807) is 6.92 Å². The fourth-order valence-electron chi connectivity index (χ4n) is 12.4. The highest BCUT2D eigenvalue weighted by molar-refractivity contribution is 5.66. The average Bonchev–Trinajstić information content (AvgIpc) is 3.10. The Kier molecular flexibility index (Phi) is 5.16. The second-order valence-corrected chi connectivity index (χ2v) is 16.2. The molecule has 198 valence electrons. The summed E-state index contributed by atoms with van der Waals surface area (Å²) in [4.78, 5) is 11.9. The molecule has 5 aliphatic carbocycles. The predicted molar refractivity (Wildman–Crippen MR) is 140 cm³/mol. The van der Waals surface area contributed by atoms with E-state index in [2.05, 4.69) is 48.5 Å². The van der Waals surface area contributed by atoms with Crippen molar-refractivity contribution in [2.24, 2.45) is 56.2 Å². The van der Waals surface area contributed by atoms with Gasteiger partial charge < -0.3 is 9.47 Å². The number of fused-ring (bicyclic) bond motifs is 5. The molecule has 0 aromatic rings. The van der Waals surface area contributed by atoms with E-state index in [1.807, 2.05) is 0 Å². The second-order valence-electron chi connectivity index (χ2n) is 16.2. The van der Waals surface area contributed by atoms with Gasteiger partial charge in [-0.3, -0.25) is 4.79 Å². The van der Waals surface area contributed by atoms with Gasteiger partial charge in [-0.05, 0) is 115 Å². The quantitative estimate of drug-likeness (QED) is 0.356. The van der Waals surface area contributed by atoms with Gasteiger partial charge in [0.25, 0.3) is 0 Å². The van der Waals surface area contributed by atoms with Crippen LogP contribution in [0, 0.1) is 56.2 Å². The monoisotopic (exact) mass is 484 g/mol. The van der Waals surface area contributed by atoms with Crippen LogP contribution in [0.2, 0.25) is 0 Å². The Morgan fingerprint density at radius 1 is 0.771 bits per heavy atom. The van der Waals surface area contributed by atoms with E-state index in [1.165, 1.54) is 57.8 Å². The molecule has 1 heterocycles. The Hall–Kier alpha value is -0.570. The maximum atomic E-state index is 11.9. The molecule has 10 atom stereocenters. The van der Waals surface area contributed by atoms with E-state index in [-0.39, 0.29) is 17.5 Å². The van der Waals surface area contributed by atoms with Crippen LogP contribution in [0.3, 0.4) is 0 Å². The Morgan fingerprint density at radius 2 is 1.49 bits per heavy atom. The van der Waals surface area contributed by atoms with Crippen LogP contribution in [-0.4, -0.2) is 24.8 Å². The highest BCUT2D eigenvalue weighted by Crippen LogP contribution is 2.78. The maximum Gasteiger partial charge on any atom is 0.302 e. The molecule has 5 saturated carbocycles. The summed E-state index contributed by atoms with van der Waals surface area (Å²) in [6.07, 6.45) is 13.7. The van der Waals surface area contributed by atoms with E-state index < -0.39 is 0 Å². The van der Waals surface area contributed by atoms with Crippen LogP contribution >= 0.6 is 0 Å². The van der Waals surface area contributed by atoms with Gasteiger partial charge in [-0.15, -0.1) is 0 Å². The Bertz CT molecular complexity index is 906. The summed E-state index contributed by atoms with van der Waals surface area (Å²) in [5, 5.41) is 0. The minimum absolute atomic E-state index is 0.0503. The molecule has 0 aromatic heterocycles. The SMILES string of the molecule is CC(=O)O[C@@H]1CC[C@@]2(C)[C@H](CC[C@]3(C)[C@@H]2CC[C@@H]2[C@H]4[C@H]5OC[C@@]4(CCC5(C)C)CC[C@]23C)C1(C)C. The van der Waals surface area contributed by atoms with Crippen molar-refractivity contribution >= 4 is 5.97 Å². The van der Waals surface area contributed by atoms with E-state index in [0.29, 0.717) is 39.1 Å². The van der Waals surface area contributed by atoms with Crippen LogP contribution in [0.5, 0.6) is 0 Å². The van der Waals surface area contributed by atoms with Crippen LogP contribution in [0.15, 0.2) is 0 Å². The van der Waals surface area contributed by atoms with Gasteiger partial charge in [0.2, 0.25) is 0 Å².